The fourth-order valence-electron chi connectivity index (χ4n) is 2.22. The van der Waals surface area contributed by atoms with Crippen molar-refractivity contribution in [3.63, 3.8) is 0 Å². The Balaban J connectivity index is 1.50. The predicted molar refractivity (Wildman–Crippen MR) is 98.4 cm³/mol. The van der Waals surface area contributed by atoms with E-state index in [1.807, 2.05) is 30.3 Å². The zero-order valence-corrected chi connectivity index (χ0v) is 15.3. The first kappa shape index (κ1) is 17.4. The van der Waals surface area contributed by atoms with Gasteiger partial charge in [-0.3, -0.25) is 0 Å². The van der Waals surface area contributed by atoms with Crippen LogP contribution in [-0.2, 0) is 0 Å². The molecular weight excluding hydrogens is 336 g/mol. The zero-order valence-electron chi connectivity index (χ0n) is 14.5. The van der Waals surface area contributed by atoms with Crippen LogP contribution >= 0.6 is 11.8 Å². The highest BCUT2D eigenvalue weighted by atomic mass is 32.2. The molecule has 0 spiro atoms. The highest BCUT2D eigenvalue weighted by Gasteiger charge is 2.10. The molecule has 1 heterocycles. The molecule has 3 aromatic rings. The van der Waals surface area contributed by atoms with E-state index in [0.29, 0.717) is 17.7 Å². The second-order valence-electron chi connectivity index (χ2n) is 5.54. The molecule has 0 aliphatic carbocycles. The molecule has 1 aromatic heterocycles. The Morgan fingerprint density at radius 3 is 2.44 bits per heavy atom. The molecule has 0 aliphatic rings. The molecule has 0 saturated carbocycles. The van der Waals surface area contributed by atoms with Crippen LogP contribution < -0.4 is 9.47 Å². The Morgan fingerprint density at radius 2 is 1.72 bits per heavy atom. The second kappa shape index (κ2) is 8.07. The topological polar surface area (TPSA) is 57.4 Å². The van der Waals surface area contributed by atoms with Crippen LogP contribution in [0.4, 0.5) is 0 Å². The molecule has 0 amide bonds. The molecule has 0 saturated heterocycles. The van der Waals surface area contributed by atoms with E-state index in [1.54, 1.807) is 7.11 Å². The lowest BCUT2D eigenvalue weighted by Crippen LogP contribution is -1.99. The summed E-state index contributed by atoms with van der Waals surface area (Å²) in [6.45, 7) is 4.71. The third kappa shape index (κ3) is 4.54. The fourth-order valence-corrected chi connectivity index (χ4v) is 2.80. The van der Waals surface area contributed by atoms with Gasteiger partial charge in [0.25, 0.3) is 5.22 Å². The molecule has 2 aromatic carbocycles. The molecule has 0 radical (unpaired) electrons. The summed E-state index contributed by atoms with van der Waals surface area (Å²) in [5.41, 5.74) is 3.39. The summed E-state index contributed by atoms with van der Waals surface area (Å²) in [4.78, 5) is 0. The lowest BCUT2D eigenvalue weighted by atomic mass is 10.1. The van der Waals surface area contributed by atoms with Crippen molar-refractivity contribution >= 4 is 11.8 Å². The van der Waals surface area contributed by atoms with Crippen LogP contribution in [0.1, 0.15) is 11.1 Å². The summed E-state index contributed by atoms with van der Waals surface area (Å²) in [6.07, 6.45) is 0. The molecule has 25 heavy (non-hydrogen) atoms. The number of rotatable bonds is 7. The number of ether oxygens (including phenoxy) is 2. The van der Waals surface area contributed by atoms with Gasteiger partial charge >= 0.3 is 0 Å². The summed E-state index contributed by atoms with van der Waals surface area (Å²) in [5.74, 6) is 2.89. The fraction of sp³-hybridized carbons (Fsp3) is 0.263. The first-order chi connectivity index (χ1) is 12.2. The zero-order chi connectivity index (χ0) is 17.6. The third-order valence-electron chi connectivity index (χ3n) is 3.80. The highest BCUT2D eigenvalue weighted by Crippen LogP contribution is 2.25. The molecule has 0 unspecified atom stereocenters. The van der Waals surface area contributed by atoms with E-state index >= 15 is 0 Å². The molecular formula is C19H20N2O3S. The number of aromatic nitrogens is 2. The van der Waals surface area contributed by atoms with Gasteiger partial charge in [0.2, 0.25) is 5.89 Å². The van der Waals surface area contributed by atoms with Gasteiger partial charge in [0.05, 0.1) is 13.7 Å². The second-order valence-corrected chi connectivity index (χ2v) is 6.59. The van der Waals surface area contributed by atoms with Crippen LogP contribution in [0, 0.1) is 13.8 Å². The van der Waals surface area contributed by atoms with Gasteiger partial charge < -0.3 is 13.9 Å². The van der Waals surface area contributed by atoms with Gasteiger partial charge in [-0.15, -0.1) is 10.2 Å². The molecule has 0 N–H and O–H groups in total. The van der Waals surface area contributed by atoms with Crippen LogP contribution in [0.15, 0.2) is 52.1 Å². The lowest BCUT2D eigenvalue weighted by molar-refractivity contribution is 0.342. The first-order valence-electron chi connectivity index (χ1n) is 7.96. The highest BCUT2D eigenvalue weighted by molar-refractivity contribution is 7.99. The molecule has 0 atom stereocenters. The maximum atomic E-state index is 5.72. The average molecular weight is 356 g/mol. The molecule has 0 bridgehead atoms. The van der Waals surface area contributed by atoms with Crippen molar-refractivity contribution in [2.75, 3.05) is 19.5 Å². The summed E-state index contributed by atoms with van der Waals surface area (Å²) >= 11 is 1.48. The van der Waals surface area contributed by atoms with Crippen molar-refractivity contribution in [3.05, 3.63) is 53.6 Å². The SMILES string of the molecule is COc1ccc(OCCSc2nnc(-c3ccc(C)c(C)c3)o2)cc1. The van der Waals surface area contributed by atoms with Gasteiger partial charge in [-0.25, -0.2) is 0 Å². The van der Waals surface area contributed by atoms with Crippen LogP contribution in [0.5, 0.6) is 11.5 Å². The molecule has 130 valence electrons. The van der Waals surface area contributed by atoms with Gasteiger partial charge in [-0.2, -0.15) is 0 Å². The Hall–Kier alpha value is -2.47. The summed E-state index contributed by atoms with van der Waals surface area (Å²) in [5, 5.41) is 8.75. The van der Waals surface area contributed by atoms with E-state index in [0.717, 1.165) is 22.8 Å². The average Bonchev–Trinajstić information content (AvgIpc) is 3.10. The smallest absolute Gasteiger partial charge is 0.276 e. The van der Waals surface area contributed by atoms with E-state index in [1.165, 1.54) is 22.9 Å². The normalized spacial score (nSPS) is 10.7. The third-order valence-corrected chi connectivity index (χ3v) is 4.58. The summed E-state index contributed by atoms with van der Waals surface area (Å²) < 4.78 is 16.5. The minimum Gasteiger partial charge on any atom is -0.497 e. The Labute approximate surface area is 151 Å². The van der Waals surface area contributed by atoms with E-state index in [2.05, 4.69) is 36.2 Å². The molecule has 0 fully saturated rings. The van der Waals surface area contributed by atoms with Crippen molar-refractivity contribution in [1.82, 2.24) is 10.2 Å². The monoisotopic (exact) mass is 356 g/mol. The first-order valence-corrected chi connectivity index (χ1v) is 8.95. The van der Waals surface area contributed by atoms with E-state index < -0.39 is 0 Å². The van der Waals surface area contributed by atoms with Gasteiger partial charge in [-0.1, -0.05) is 17.8 Å². The Kier molecular flexibility index (Phi) is 5.60. The minimum absolute atomic E-state index is 0.543. The number of nitrogens with zero attached hydrogens (tertiary/aromatic N) is 2. The summed E-state index contributed by atoms with van der Waals surface area (Å²) in [6, 6.07) is 13.6. The van der Waals surface area contributed by atoms with Crippen molar-refractivity contribution in [3.8, 4) is 23.0 Å². The maximum Gasteiger partial charge on any atom is 0.276 e. The van der Waals surface area contributed by atoms with Crippen molar-refractivity contribution < 1.29 is 13.9 Å². The lowest BCUT2D eigenvalue weighted by Gasteiger charge is -2.05. The predicted octanol–water partition coefficient (Wildman–Crippen LogP) is 4.53. The Bertz CT molecular complexity index is 831. The standard InChI is InChI=1S/C19H20N2O3S/c1-13-4-5-15(12-14(13)2)18-20-21-19(24-18)25-11-10-23-17-8-6-16(22-3)7-9-17/h4-9,12H,10-11H2,1-3H3. The Morgan fingerprint density at radius 1 is 0.960 bits per heavy atom. The molecule has 0 aliphatic heterocycles. The minimum atomic E-state index is 0.543. The largest absolute Gasteiger partial charge is 0.497 e. The van der Waals surface area contributed by atoms with Crippen molar-refractivity contribution in [2.45, 2.75) is 19.1 Å². The van der Waals surface area contributed by atoms with E-state index in [4.69, 9.17) is 13.9 Å². The number of benzene rings is 2. The van der Waals surface area contributed by atoms with Gasteiger partial charge in [0, 0.05) is 11.3 Å². The quantitative estimate of drug-likeness (QED) is 0.458. The maximum absolute atomic E-state index is 5.72. The van der Waals surface area contributed by atoms with Crippen molar-refractivity contribution in [2.24, 2.45) is 0 Å². The van der Waals surface area contributed by atoms with E-state index in [-0.39, 0.29) is 0 Å². The van der Waals surface area contributed by atoms with Crippen LogP contribution in [0.25, 0.3) is 11.5 Å². The van der Waals surface area contributed by atoms with Crippen LogP contribution in [0.2, 0.25) is 0 Å². The molecule has 6 heteroatoms. The molecule has 5 nitrogen and oxygen atoms in total. The van der Waals surface area contributed by atoms with E-state index in [9.17, 15) is 0 Å². The number of aryl methyl sites for hydroxylation is 2. The van der Waals surface area contributed by atoms with Gasteiger partial charge in [0.15, 0.2) is 0 Å². The van der Waals surface area contributed by atoms with Crippen molar-refractivity contribution in [1.29, 1.82) is 0 Å². The summed E-state index contributed by atoms with van der Waals surface area (Å²) in [7, 11) is 1.64. The molecule has 3 rings (SSSR count). The number of hydrogen-bond donors (Lipinski definition) is 0. The van der Waals surface area contributed by atoms with Gasteiger partial charge in [-0.05, 0) is 61.4 Å². The van der Waals surface area contributed by atoms with Gasteiger partial charge in [0.1, 0.15) is 11.5 Å². The number of methoxy groups -OCH3 is 1. The number of hydrogen-bond acceptors (Lipinski definition) is 6. The van der Waals surface area contributed by atoms with Crippen LogP contribution in [-0.4, -0.2) is 29.7 Å². The van der Waals surface area contributed by atoms with Crippen LogP contribution in [0.3, 0.4) is 0 Å². The number of thioether (sulfide) groups is 1.